The van der Waals surface area contributed by atoms with Crippen molar-refractivity contribution in [1.82, 2.24) is 0 Å². The summed E-state index contributed by atoms with van der Waals surface area (Å²) in [4.78, 5) is 0.0470. The lowest BCUT2D eigenvalue weighted by Gasteiger charge is -2.28. The molecule has 6 nitrogen and oxygen atoms in total. The normalized spacial score (nSPS) is 17.1. The third-order valence-electron chi connectivity index (χ3n) is 4.19. The summed E-state index contributed by atoms with van der Waals surface area (Å²) in [5.41, 5.74) is 1.28. The predicted octanol–water partition coefficient (Wildman–Crippen LogP) is 3.38. The summed E-state index contributed by atoms with van der Waals surface area (Å²) in [5, 5.41) is 0.501. The van der Waals surface area contributed by atoms with Crippen LogP contribution < -0.4 is 9.03 Å². The number of sulfonamides is 2. The van der Waals surface area contributed by atoms with Crippen LogP contribution in [0.1, 0.15) is 18.4 Å². The van der Waals surface area contributed by atoms with Crippen LogP contribution in [0, 0.1) is 6.92 Å². The summed E-state index contributed by atoms with van der Waals surface area (Å²) < 4.78 is 54.0. The molecule has 0 spiro atoms. The van der Waals surface area contributed by atoms with Gasteiger partial charge in [0, 0.05) is 17.3 Å². The number of nitrogens with one attached hydrogen (secondary N) is 1. The Labute approximate surface area is 158 Å². The van der Waals surface area contributed by atoms with Gasteiger partial charge >= 0.3 is 0 Å². The summed E-state index contributed by atoms with van der Waals surface area (Å²) in [6.45, 7) is 2.03. The van der Waals surface area contributed by atoms with Crippen molar-refractivity contribution in [3.63, 3.8) is 0 Å². The Kier molecular flexibility index (Phi) is 5.18. The second-order valence-electron chi connectivity index (χ2n) is 6.16. The van der Waals surface area contributed by atoms with Gasteiger partial charge in [-0.3, -0.25) is 9.03 Å². The van der Waals surface area contributed by atoms with E-state index in [1.54, 1.807) is 43.3 Å². The fourth-order valence-electron chi connectivity index (χ4n) is 2.84. The van der Waals surface area contributed by atoms with Crippen LogP contribution in [0.2, 0.25) is 5.02 Å². The van der Waals surface area contributed by atoms with Gasteiger partial charge in [0.25, 0.3) is 10.0 Å². The average molecular weight is 415 g/mol. The Morgan fingerprint density at radius 2 is 1.77 bits per heavy atom. The summed E-state index contributed by atoms with van der Waals surface area (Å²) >= 11 is 5.82. The molecule has 1 heterocycles. The topological polar surface area (TPSA) is 83.6 Å². The number of anilines is 2. The minimum Gasteiger partial charge on any atom is -0.280 e. The van der Waals surface area contributed by atoms with Gasteiger partial charge in [-0.15, -0.1) is 0 Å². The van der Waals surface area contributed by atoms with Gasteiger partial charge in [-0.2, -0.15) is 0 Å². The van der Waals surface area contributed by atoms with Crippen molar-refractivity contribution in [3.05, 3.63) is 53.1 Å². The molecule has 0 amide bonds. The summed E-state index contributed by atoms with van der Waals surface area (Å²) in [6.07, 6.45) is 1.37. The van der Waals surface area contributed by atoms with Gasteiger partial charge in [0.15, 0.2) is 0 Å². The fourth-order valence-corrected chi connectivity index (χ4v) is 5.92. The Bertz CT molecular complexity index is 1020. The molecule has 0 atom stereocenters. The van der Waals surface area contributed by atoms with Crippen molar-refractivity contribution >= 4 is 43.0 Å². The number of nitrogens with zero attached hydrogens (tertiary/aromatic N) is 1. The van der Waals surface area contributed by atoms with Crippen LogP contribution in [0.4, 0.5) is 11.4 Å². The Hall–Kier alpha value is -1.77. The van der Waals surface area contributed by atoms with E-state index in [0.717, 1.165) is 6.42 Å². The first-order valence-electron chi connectivity index (χ1n) is 8.08. The van der Waals surface area contributed by atoms with Gasteiger partial charge in [-0.1, -0.05) is 17.7 Å². The maximum Gasteiger partial charge on any atom is 0.262 e. The van der Waals surface area contributed by atoms with Gasteiger partial charge in [0.2, 0.25) is 10.0 Å². The molecule has 1 N–H and O–H groups in total. The van der Waals surface area contributed by atoms with Crippen LogP contribution in [-0.4, -0.2) is 29.1 Å². The zero-order valence-electron chi connectivity index (χ0n) is 14.1. The zero-order valence-corrected chi connectivity index (χ0v) is 16.5. The van der Waals surface area contributed by atoms with Crippen molar-refractivity contribution in [1.29, 1.82) is 0 Å². The van der Waals surface area contributed by atoms with E-state index in [1.807, 2.05) is 0 Å². The number of aryl methyl sites for hydroxylation is 1. The molecule has 1 saturated heterocycles. The van der Waals surface area contributed by atoms with Crippen LogP contribution in [0.3, 0.4) is 0 Å². The molecule has 0 aromatic heterocycles. The number of hydrogen-bond donors (Lipinski definition) is 1. The first-order chi connectivity index (χ1) is 12.2. The maximum atomic E-state index is 12.8. The second kappa shape index (κ2) is 7.09. The fraction of sp³-hybridized carbons (Fsp3) is 0.294. The molecule has 1 fully saturated rings. The van der Waals surface area contributed by atoms with Crippen LogP contribution in [0.25, 0.3) is 0 Å². The number of halogens is 1. The molecule has 1 aliphatic heterocycles. The van der Waals surface area contributed by atoms with E-state index < -0.39 is 20.0 Å². The minimum atomic E-state index is -3.87. The largest absolute Gasteiger partial charge is 0.280 e. The number of hydrogen-bond acceptors (Lipinski definition) is 4. The molecule has 3 rings (SSSR count). The first kappa shape index (κ1) is 19.0. The smallest absolute Gasteiger partial charge is 0.262 e. The lowest BCUT2D eigenvalue weighted by Crippen LogP contribution is -2.38. The first-order valence-corrected chi connectivity index (χ1v) is 11.6. The molecule has 2 aromatic rings. The van der Waals surface area contributed by atoms with E-state index in [0.29, 0.717) is 34.9 Å². The van der Waals surface area contributed by atoms with E-state index in [9.17, 15) is 16.8 Å². The van der Waals surface area contributed by atoms with Gasteiger partial charge in [-0.05, 0) is 61.7 Å². The van der Waals surface area contributed by atoms with Crippen molar-refractivity contribution in [2.45, 2.75) is 24.7 Å². The highest BCUT2D eigenvalue weighted by Gasteiger charge is 2.27. The van der Waals surface area contributed by atoms with E-state index in [4.69, 9.17) is 11.6 Å². The lowest BCUT2D eigenvalue weighted by molar-refractivity contribution is 0.574. The standard InChI is InChI=1S/C17H19ClN2O4S2/c1-13-4-9-16(20-10-2-3-11-25(20,21)22)12-17(13)26(23,24)19-15-7-5-14(18)6-8-15/h4-9,12,19H,2-3,10-11H2,1H3. The Balaban J connectivity index is 1.98. The Morgan fingerprint density at radius 3 is 2.42 bits per heavy atom. The highest BCUT2D eigenvalue weighted by Crippen LogP contribution is 2.29. The molecule has 0 radical (unpaired) electrons. The molecule has 0 bridgehead atoms. The molecule has 0 aliphatic carbocycles. The average Bonchev–Trinajstić information content (AvgIpc) is 2.57. The quantitative estimate of drug-likeness (QED) is 0.831. The third kappa shape index (κ3) is 3.97. The zero-order chi connectivity index (χ0) is 18.9. The van der Waals surface area contributed by atoms with Crippen molar-refractivity contribution < 1.29 is 16.8 Å². The van der Waals surface area contributed by atoms with Crippen LogP contribution in [-0.2, 0) is 20.0 Å². The van der Waals surface area contributed by atoms with Gasteiger partial charge in [-0.25, -0.2) is 16.8 Å². The number of benzene rings is 2. The molecule has 2 aromatic carbocycles. The van der Waals surface area contributed by atoms with Crippen LogP contribution in [0.15, 0.2) is 47.4 Å². The predicted molar refractivity (Wildman–Crippen MR) is 104 cm³/mol. The molecule has 9 heteroatoms. The molecule has 140 valence electrons. The molecular formula is C17H19ClN2O4S2. The van der Waals surface area contributed by atoms with Gasteiger partial charge in [0.1, 0.15) is 0 Å². The van der Waals surface area contributed by atoms with Crippen molar-refractivity contribution in [2.75, 3.05) is 21.3 Å². The molecule has 0 saturated carbocycles. The summed E-state index contributed by atoms with van der Waals surface area (Å²) in [5.74, 6) is 0.0754. The molecule has 0 unspecified atom stereocenters. The third-order valence-corrected chi connectivity index (χ3v) is 7.84. The maximum absolute atomic E-state index is 12.8. The van der Waals surface area contributed by atoms with Crippen LogP contribution >= 0.6 is 11.6 Å². The molecular weight excluding hydrogens is 396 g/mol. The monoisotopic (exact) mass is 414 g/mol. The Morgan fingerprint density at radius 1 is 1.08 bits per heavy atom. The van der Waals surface area contributed by atoms with Crippen molar-refractivity contribution in [2.24, 2.45) is 0 Å². The van der Waals surface area contributed by atoms with E-state index in [2.05, 4.69) is 4.72 Å². The van der Waals surface area contributed by atoms with Gasteiger partial charge < -0.3 is 0 Å². The van der Waals surface area contributed by atoms with Crippen molar-refractivity contribution in [3.8, 4) is 0 Å². The SMILES string of the molecule is Cc1ccc(N2CCCCS2(=O)=O)cc1S(=O)(=O)Nc1ccc(Cl)cc1. The second-order valence-corrected chi connectivity index (χ2v) is 10.3. The van der Waals surface area contributed by atoms with E-state index in [-0.39, 0.29) is 10.6 Å². The highest BCUT2D eigenvalue weighted by molar-refractivity contribution is 7.93. The number of rotatable bonds is 4. The van der Waals surface area contributed by atoms with Crippen LogP contribution in [0.5, 0.6) is 0 Å². The lowest BCUT2D eigenvalue weighted by atomic mass is 10.2. The molecule has 26 heavy (non-hydrogen) atoms. The molecule has 1 aliphatic rings. The van der Waals surface area contributed by atoms with E-state index in [1.165, 1.54) is 10.4 Å². The highest BCUT2D eigenvalue weighted by atomic mass is 35.5. The van der Waals surface area contributed by atoms with Gasteiger partial charge in [0.05, 0.1) is 16.3 Å². The van der Waals surface area contributed by atoms with E-state index >= 15 is 0 Å². The summed E-state index contributed by atoms with van der Waals surface area (Å²) in [6, 6.07) is 11.0. The minimum absolute atomic E-state index is 0.0470. The summed E-state index contributed by atoms with van der Waals surface area (Å²) in [7, 11) is -7.28.